The molecule has 2 heterocycles. The molecule has 1 unspecified atom stereocenters. The van der Waals surface area contributed by atoms with E-state index in [2.05, 4.69) is 22.5 Å². The van der Waals surface area contributed by atoms with Crippen molar-refractivity contribution >= 4 is 5.91 Å². The molecule has 3 rings (SSSR count). The van der Waals surface area contributed by atoms with Gasteiger partial charge in [0.25, 0.3) is 0 Å². The molecule has 4 nitrogen and oxygen atoms in total. The van der Waals surface area contributed by atoms with E-state index in [1.165, 1.54) is 32.1 Å². The summed E-state index contributed by atoms with van der Waals surface area (Å²) in [6.45, 7) is 5.36. The maximum absolute atomic E-state index is 12.2. The van der Waals surface area contributed by atoms with Crippen LogP contribution in [0.25, 0.3) is 0 Å². The fraction of sp³-hybridized carbons (Fsp3) is 0.929. The zero-order chi connectivity index (χ0) is 12.5. The third-order valence-electron chi connectivity index (χ3n) is 5.02. The van der Waals surface area contributed by atoms with Crippen LogP contribution in [0.2, 0.25) is 0 Å². The smallest absolute Gasteiger partial charge is 0.237 e. The maximum Gasteiger partial charge on any atom is 0.237 e. The van der Waals surface area contributed by atoms with Gasteiger partial charge in [-0.2, -0.15) is 0 Å². The Balaban J connectivity index is 1.51. The first-order chi connectivity index (χ1) is 8.74. The Morgan fingerprint density at radius 2 is 2.06 bits per heavy atom. The molecule has 1 saturated carbocycles. The number of fused-ring (bicyclic) bond motifs is 1. The molecule has 3 aliphatic rings. The van der Waals surface area contributed by atoms with E-state index in [0.29, 0.717) is 12.1 Å². The Labute approximate surface area is 109 Å². The highest BCUT2D eigenvalue weighted by atomic mass is 16.2. The Morgan fingerprint density at radius 3 is 2.78 bits per heavy atom. The Hall–Kier alpha value is -0.610. The molecule has 4 heteroatoms. The molecule has 3 atom stereocenters. The minimum atomic E-state index is 0.0398. The average molecular weight is 251 g/mol. The third-order valence-corrected chi connectivity index (χ3v) is 5.02. The normalized spacial score (nSPS) is 34.7. The van der Waals surface area contributed by atoms with E-state index in [0.717, 1.165) is 25.6 Å². The summed E-state index contributed by atoms with van der Waals surface area (Å²) in [5, 5.41) is 6.76. The summed E-state index contributed by atoms with van der Waals surface area (Å²) in [6.07, 6.45) is 6.17. The Kier molecular flexibility index (Phi) is 3.57. The van der Waals surface area contributed by atoms with Gasteiger partial charge in [0.1, 0.15) is 0 Å². The molecule has 0 aromatic rings. The average Bonchev–Trinajstić information content (AvgIpc) is 3.02. The van der Waals surface area contributed by atoms with E-state index >= 15 is 0 Å². The lowest BCUT2D eigenvalue weighted by Gasteiger charge is -2.25. The molecule has 2 aliphatic heterocycles. The summed E-state index contributed by atoms with van der Waals surface area (Å²) in [5.74, 6) is 1.01. The van der Waals surface area contributed by atoms with Gasteiger partial charge < -0.3 is 10.6 Å². The summed E-state index contributed by atoms with van der Waals surface area (Å²) in [6, 6.07) is 1.12. The van der Waals surface area contributed by atoms with Crippen molar-refractivity contribution in [3.8, 4) is 0 Å². The van der Waals surface area contributed by atoms with Crippen LogP contribution in [0.15, 0.2) is 0 Å². The van der Waals surface area contributed by atoms with Crippen molar-refractivity contribution in [2.75, 3.05) is 19.6 Å². The predicted octanol–water partition coefficient (Wildman–Crippen LogP) is 0.727. The molecule has 0 aromatic heterocycles. The van der Waals surface area contributed by atoms with Crippen molar-refractivity contribution in [3.05, 3.63) is 0 Å². The predicted molar refractivity (Wildman–Crippen MR) is 71.3 cm³/mol. The molecule has 3 fully saturated rings. The number of hydrogen-bond acceptors (Lipinski definition) is 3. The van der Waals surface area contributed by atoms with E-state index in [1.54, 1.807) is 0 Å². The van der Waals surface area contributed by atoms with Gasteiger partial charge in [0.15, 0.2) is 0 Å². The number of nitrogens with one attached hydrogen (secondary N) is 2. The molecule has 1 aliphatic carbocycles. The van der Waals surface area contributed by atoms with Gasteiger partial charge in [-0.3, -0.25) is 9.69 Å². The van der Waals surface area contributed by atoms with E-state index in [9.17, 15) is 4.79 Å². The van der Waals surface area contributed by atoms with E-state index in [4.69, 9.17) is 0 Å². The second kappa shape index (κ2) is 5.17. The molecule has 2 saturated heterocycles. The van der Waals surface area contributed by atoms with Gasteiger partial charge >= 0.3 is 0 Å². The maximum atomic E-state index is 12.2. The molecule has 18 heavy (non-hydrogen) atoms. The minimum absolute atomic E-state index is 0.0398. The first kappa shape index (κ1) is 12.4. The Morgan fingerprint density at radius 1 is 1.28 bits per heavy atom. The van der Waals surface area contributed by atoms with Crippen LogP contribution in [0.5, 0.6) is 0 Å². The highest BCUT2D eigenvalue weighted by Gasteiger charge is 2.39. The topological polar surface area (TPSA) is 44.4 Å². The van der Waals surface area contributed by atoms with Gasteiger partial charge in [-0.05, 0) is 38.6 Å². The number of rotatable bonds is 3. The Bertz CT molecular complexity index is 302. The zero-order valence-electron chi connectivity index (χ0n) is 11.3. The van der Waals surface area contributed by atoms with Crippen LogP contribution in [0.1, 0.15) is 39.0 Å². The largest absolute Gasteiger partial charge is 0.352 e. The van der Waals surface area contributed by atoms with Crippen LogP contribution in [0.4, 0.5) is 0 Å². The van der Waals surface area contributed by atoms with Crippen molar-refractivity contribution in [2.24, 2.45) is 5.92 Å². The fourth-order valence-corrected chi connectivity index (χ4v) is 3.76. The summed E-state index contributed by atoms with van der Waals surface area (Å²) >= 11 is 0. The van der Waals surface area contributed by atoms with Crippen molar-refractivity contribution in [2.45, 2.75) is 57.2 Å². The molecule has 0 aromatic carbocycles. The van der Waals surface area contributed by atoms with Crippen LogP contribution in [0.3, 0.4) is 0 Å². The fourth-order valence-electron chi connectivity index (χ4n) is 3.76. The first-order valence-electron chi connectivity index (χ1n) is 7.52. The molecule has 2 N–H and O–H groups in total. The lowest BCUT2D eigenvalue weighted by Crippen LogP contribution is -2.47. The van der Waals surface area contributed by atoms with Crippen molar-refractivity contribution in [1.29, 1.82) is 0 Å². The minimum Gasteiger partial charge on any atom is -0.352 e. The quantitative estimate of drug-likeness (QED) is 0.777. The van der Waals surface area contributed by atoms with Crippen LogP contribution in [-0.4, -0.2) is 48.6 Å². The zero-order valence-corrected chi connectivity index (χ0v) is 11.3. The van der Waals surface area contributed by atoms with Crippen molar-refractivity contribution in [1.82, 2.24) is 15.5 Å². The molecular weight excluding hydrogens is 226 g/mol. The highest BCUT2D eigenvalue weighted by molar-refractivity contribution is 5.81. The number of likely N-dealkylation sites (tertiary alicyclic amines) is 1. The first-order valence-corrected chi connectivity index (χ1v) is 7.52. The number of amides is 1. The second-order valence-corrected chi connectivity index (χ2v) is 6.23. The third kappa shape index (κ3) is 2.41. The van der Waals surface area contributed by atoms with Gasteiger partial charge in [-0.15, -0.1) is 0 Å². The summed E-state index contributed by atoms with van der Waals surface area (Å²) in [4.78, 5) is 14.6. The number of carbonyl (C=O) groups excluding carboxylic acids is 1. The van der Waals surface area contributed by atoms with E-state index in [1.807, 2.05) is 0 Å². The van der Waals surface area contributed by atoms with Gasteiger partial charge in [0.05, 0.1) is 6.04 Å². The van der Waals surface area contributed by atoms with Crippen LogP contribution in [-0.2, 0) is 4.79 Å². The lowest BCUT2D eigenvalue weighted by atomic mass is 10.1. The van der Waals surface area contributed by atoms with Gasteiger partial charge in [-0.25, -0.2) is 0 Å². The van der Waals surface area contributed by atoms with Crippen LogP contribution >= 0.6 is 0 Å². The molecule has 1 amide bonds. The SMILES string of the molecule is CC(C(=O)NC1CCCC1)N1C[C@@H]2CCN[C@@H]2C1. The molecule has 0 radical (unpaired) electrons. The number of hydrogen-bond donors (Lipinski definition) is 2. The molecular formula is C14H25N3O. The summed E-state index contributed by atoms with van der Waals surface area (Å²) in [7, 11) is 0. The van der Waals surface area contributed by atoms with Crippen molar-refractivity contribution in [3.63, 3.8) is 0 Å². The monoisotopic (exact) mass is 251 g/mol. The standard InChI is InChI=1S/C14H25N3O/c1-10(14(18)16-12-4-2-3-5-12)17-8-11-6-7-15-13(11)9-17/h10-13,15H,2-9H2,1H3,(H,16,18)/t10?,11-,13+/m0/s1. The van der Waals surface area contributed by atoms with Gasteiger partial charge in [-0.1, -0.05) is 12.8 Å². The van der Waals surface area contributed by atoms with E-state index in [-0.39, 0.29) is 11.9 Å². The summed E-state index contributed by atoms with van der Waals surface area (Å²) < 4.78 is 0. The molecule has 0 spiro atoms. The number of carbonyl (C=O) groups is 1. The van der Waals surface area contributed by atoms with Crippen molar-refractivity contribution < 1.29 is 4.79 Å². The van der Waals surface area contributed by atoms with E-state index < -0.39 is 0 Å². The van der Waals surface area contributed by atoms with Gasteiger partial charge in [0.2, 0.25) is 5.91 Å². The molecule has 0 bridgehead atoms. The highest BCUT2D eigenvalue weighted by Crippen LogP contribution is 2.26. The molecule has 102 valence electrons. The summed E-state index contributed by atoms with van der Waals surface area (Å²) in [5.41, 5.74) is 0. The lowest BCUT2D eigenvalue weighted by molar-refractivity contribution is -0.126. The van der Waals surface area contributed by atoms with Crippen LogP contribution in [0, 0.1) is 5.92 Å². The van der Waals surface area contributed by atoms with Gasteiger partial charge in [0, 0.05) is 25.2 Å². The van der Waals surface area contributed by atoms with Crippen LogP contribution < -0.4 is 10.6 Å². The number of nitrogens with zero attached hydrogens (tertiary/aromatic N) is 1. The second-order valence-electron chi connectivity index (χ2n) is 6.23.